The lowest BCUT2D eigenvalue weighted by Gasteiger charge is -2.17. The van der Waals surface area contributed by atoms with Crippen LogP contribution in [-0.2, 0) is 0 Å². The average Bonchev–Trinajstić information content (AvgIpc) is 2.59. The molecule has 0 spiro atoms. The Labute approximate surface area is 136 Å². The Balaban J connectivity index is 2.67. The number of phenols is 4. The van der Waals surface area contributed by atoms with Crippen LogP contribution < -0.4 is 14.2 Å². The van der Waals surface area contributed by atoms with E-state index in [1.54, 1.807) is 0 Å². The maximum absolute atomic E-state index is 10.6. The van der Waals surface area contributed by atoms with Gasteiger partial charge in [0, 0.05) is 21.5 Å². The van der Waals surface area contributed by atoms with E-state index in [4.69, 9.17) is 14.2 Å². The molecule has 0 saturated heterocycles. The summed E-state index contributed by atoms with van der Waals surface area (Å²) in [5.41, 5.74) is 0. The van der Waals surface area contributed by atoms with Gasteiger partial charge in [-0.3, -0.25) is 0 Å². The van der Waals surface area contributed by atoms with E-state index >= 15 is 0 Å². The number of aromatic hydroxyl groups is 4. The van der Waals surface area contributed by atoms with Gasteiger partial charge in [-0.25, -0.2) is 0 Å². The number of fused-ring (bicyclic) bond motifs is 3. The highest BCUT2D eigenvalue weighted by Gasteiger charge is 2.24. The predicted molar refractivity (Wildman–Crippen MR) is 87.8 cm³/mol. The molecule has 0 aliphatic heterocycles. The highest BCUT2D eigenvalue weighted by molar-refractivity contribution is 6.20. The third-order valence-corrected chi connectivity index (χ3v) is 3.99. The van der Waals surface area contributed by atoms with E-state index in [2.05, 4.69) is 0 Å². The molecule has 0 heterocycles. The van der Waals surface area contributed by atoms with Gasteiger partial charge in [0.05, 0.1) is 21.3 Å². The van der Waals surface area contributed by atoms with Gasteiger partial charge in [-0.2, -0.15) is 0 Å². The maximum atomic E-state index is 10.6. The number of rotatable bonds is 3. The van der Waals surface area contributed by atoms with E-state index in [0.29, 0.717) is 0 Å². The fourth-order valence-corrected chi connectivity index (χ4v) is 2.86. The van der Waals surface area contributed by atoms with Crippen molar-refractivity contribution in [2.45, 2.75) is 0 Å². The summed E-state index contributed by atoms with van der Waals surface area (Å²) in [5, 5.41) is 42.1. The third-order valence-electron chi connectivity index (χ3n) is 3.99. The van der Waals surface area contributed by atoms with Crippen LogP contribution in [0.25, 0.3) is 21.5 Å². The summed E-state index contributed by atoms with van der Waals surface area (Å²) in [7, 11) is 4.11. The molecule has 126 valence electrons. The van der Waals surface area contributed by atoms with Gasteiger partial charge in [-0.1, -0.05) is 0 Å². The van der Waals surface area contributed by atoms with Crippen LogP contribution in [-0.4, -0.2) is 41.8 Å². The summed E-state index contributed by atoms with van der Waals surface area (Å²) in [4.78, 5) is 0. The van der Waals surface area contributed by atoms with Crippen molar-refractivity contribution in [3.63, 3.8) is 0 Å². The molecular formula is C17H16O7. The van der Waals surface area contributed by atoms with Crippen LogP contribution in [0.5, 0.6) is 40.2 Å². The van der Waals surface area contributed by atoms with E-state index in [1.807, 2.05) is 0 Å². The van der Waals surface area contributed by atoms with E-state index in [1.165, 1.54) is 39.5 Å². The van der Waals surface area contributed by atoms with Gasteiger partial charge in [-0.05, 0) is 18.2 Å². The number of ether oxygens (including phenoxy) is 3. The smallest absolute Gasteiger partial charge is 0.203 e. The monoisotopic (exact) mass is 332 g/mol. The molecule has 3 aromatic carbocycles. The lowest BCUT2D eigenvalue weighted by molar-refractivity contribution is 0.335. The van der Waals surface area contributed by atoms with E-state index in [0.717, 1.165) is 0 Å². The molecule has 7 nitrogen and oxygen atoms in total. The zero-order chi connectivity index (χ0) is 17.6. The lowest BCUT2D eigenvalue weighted by Crippen LogP contribution is -1.93. The van der Waals surface area contributed by atoms with Crippen molar-refractivity contribution in [2.24, 2.45) is 0 Å². The molecule has 4 N–H and O–H groups in total. The first kappa shape index (κ1) is 15.7. The molecule has 0 aromatic heterocycles. The van der Waals surface area contributed by atoms with Crippen molar-refractivity contribution < 1.29 is 34.6 Å². The average molecular weight is 332 g/mol. The Hall–Kier alpha value is -3.22. The normalized spacial score (nSPS) is 11.0. The number of hydrogen-bond acceptors (Lipinski definition) is 7. The Morgan fingerprint density at radius 1 is 0.625 bits per heavy atom. The van der Waals surface area contributed by atoms with Crippen LogP contribution in [0.3, 0.4) is 0 Å². The molecule has 3 aromatic rings. The molecule has 0 amide bonds. The van der Waals surface area contributed by atoms with Crippen LogP contribution in [0.4, 0.5) is 0 Å². The minimum absolute atomic E-state index is 0.0404. The van der Waals surface area contributed by atoms with Gasteiger partial charge in [-0.15, -0.1) is 0 Å². The minimum atomic E-state index is -0.446. The van der Waals surface area contributed by atoms with Gasteiger partial charge in [0.25, 0.3) is 0 Å². The molecule has 0 radical (unpaired) electrons. The fraction of sp³-hybridized carbons (Fsp3) is 0.176. The highest BCUT2D eigenvalue weighted by Crippen LogP contribution is 2.54. The predicted octanol–water partition coefficient (Wildman–Crippen LogP) is 2.84. The first-order chi connectivity index (χ1) is 11.5. The zero-order valence-corrected chi connectivity index (χ0v) is 13.2. The second-order valence-corrected chi connectivity index (χ2v) is 5.12. The van der Waals surface area contributed by atoms with Crippen LogP contribution >= 0.6 is 0 Å². The second kappa shape index (κ2) is 5.45. The molecule has 3 rings (SSSR count). The molecule has 0 unspecified atom stereocenters. The first-order valence-electron chi connectivity index (χ1n) is 6.97. The van der Waals surface area contributed by atoms with Crippen molar-refractivity contribution in [3.05, 3.63) is 18.2 Å². The summed E-state index contributed by atoms with van der Waals surface area (Å²) in [6.07, 6.45) is 0. The molecular weight excluding hydrogens is 316 g/mol. The topological polar surface area (TPSA) is 109 Å². The van der Waals surface area contributed by atoms with Crippen molar-refractivity contribution in [2.75, 3.05) is 21.3 Å². The molecule has 24 heavy (non-hydrogen) atoms. The SMILES string of the molecule is COc1cc2c(O)c(O)c3ccc(OC)c(O)c3c2c(O)c1OC. The molecule has 0 aliphatic carbocycles. The summed E-state index contributed by atoms with van der Waals surface area (Å²) in [5.74, 6) is -1.13. The third kappa shape index (κ3) is 1.91. The summed E-state index contributed by atoms with van der Waals surface area (Å²) >= 11 is 0. The minimum Gasteiger partial charge on any atom is -0.504 e. The quantitative estimate of drug-likeness (QED) is 0.431. The van der Waals surface area contributed by atoms with Crippen LogP contribution in [0.1, 0.15) is 0 Å². The van der Waals surface area contributed by atoms with E-state index in [9.17, 15) is 20.4 Å². The van der Waals surface area contributed by atoms with Gasteiger partial charge < -0.3 is 34.6 Å². The maximum Gasteiger partial charge on any atom is 0.203 e. The number of hydrogen-bond donors (Lipinski definition) is 4. The van der Waals surface area contributed by atoms with Gasteiger partial charge in [0.15, 0.2) is 34.5 Å². The van der Waals surface area contributed by atoms with Gasteiger partial charge in [0.1, 0.15) is 0 Å². The van der Waals surface area contributed by atoms with Crippen molar-refractivity contribution >= 4 is 21.5 Å². The molecule has 0 atom stereocenters. The van der Waals surface area contributed by atoms with Crippen molar-refractivity contribution in [3.8, 4) is 40.2 Å². The summed E-state index contributed by atoms with van der Waals surface area (Å²) in [6.45, 7) is 0. The molecule has 0 bridgehead atoms. The Morgan fingerprint density at radius 2 is 1.21 bits per heavy atom. The van der Waals surface area contributed by atoms with E-state index < -0.39 is 11.5 Å². The lowest BCUT2D eigenvalue weighted by atomic mass is 9.97. The largest absolute Gasteiger partial charge is 0.504 e. The standard InChI is InChI=1S/C17H16O7/c1-22-9-5-4-7-11(15(9)20)12-8(14(19)13(7)18)6-10(23-2)17(24-3)16(12)21/h4-6,18-21H,1-3H3. The summed E-state index contributed by atoms with van der Waals surface area (Å²) in [6, 6.07) is 4.32. The van der Waals surface area contributed by atoms with Crippen LogP contribution in [0, 0.1) is 0 Å². The van der Waals surface area contributed by atoms with Crippen LogP contribution in [0.2, 0.25) is 0 Å². The second-order valence-electron chi connectivity index (χ2n) is 5.12. The number of phenolic OH excluding ortho intramolecular Hbond substituents is 4. The van der Waals surface area contributed by atoms with E-state index in [-0.39, 0.29) is 50.3 Å². The Kier molecular flexibility index (Phi) is 3.56. The number of benzene rings is 3. The molecule has 0 saturated carbocycles. The Bertz CT molecular complexity index is 963. The number of methoxy groups -OCH3 is 3. The van der Waals surface area contributed by atoms with Crippen LogP contribution in [0.15, 0.2) is 18.2 Å². The highest BCUT2D eigenvalue weighted by atomic mass is 16.5. The first-order valence-corrected chi connectivity index (χ1v) is 6.97. The molecule has 0 aliphatic rings. The molecule has 0 fully saturated rings. The van der Waals surface area contributed by atoms with Gasteiger partial charge in [0.2, 0.25) is 5.75 Å². The van der Waals surface area contributed by atoms with Crippen molar-refractivity contribution in [1.82, 2.24) is 0 Å². The zero-order valence-electron chi connectivity index (χ0n) is 13.2. The fourth-order valence-electron chi connectivity index (χ4n) is 2.86. The van der Waals surface area contributed by atoms with Gasteiger partial charge >= 0.3 is 0 Å². The summed E-state index contributed by atoms with van der Waals surface area (Å²) < 4.78 is 15.4. The Morgan fingerprint density at radius 3 is 1.79 bits per heavy atom. The molecule has 7 heteroatoms. The van der Waals surface area contributed by atoms with Crippen molar-refractivity contribution in [1.29, 1.82) is 0 Å².